The Bertz CT molecular complexity index is 1620. The minimum absolute atomic E-state index is 0.00650. The average molecular weight is 498 g/mol. The zero-order valence-electron chi connectivity index (χ0n) is 20.7. The average Bonchev–Trinajstić information content (AvgIpc) is 3.29. The number of carbonyl (C=O) groups excluding carboxylic acids is 1. The van der Waals surface area contributed by atoms with Crippen molar-refractivity contribution in [3.8, 4) is 5.69 Å². The van der Waals surface area contributed by atoms with E-state index >= 15 is 0 Å². The van der Waals surface area contributed by atoms with Crippen molar-refractivity contribution in [2.45, 2.75) is 37.7 Å². The van der Waals surface area contributed by atoms with Crippen LogP contribution in [0.25, 0.3) is 22.4 Å². The molecule has 36 heavy (non-hydrogen) atoms. The Hall–Kier alpha value is -3.91. The van der Waals surface area contributed by atoms with E-state index in [-0.39, 0.29) is 11.5 Å². The van der Waals surface area contributed by atoms with E-state index in [1.165, 1.54) is 11.8 Å². The van der Waals surface area contributed by atoms with Gasteiger partial charge in [-0.05, 0) is 49.6 Å². The number of fused-ring (bicyclic) bond motifs is 3. The number of carbonyl (C=O) groups is 1. The van der Waals surface area contributed by atoms with Gasteiger partial charge in [0.2, 0.25) is 11.7 Å². The third-order valence-electron chi connectivity index (χ3n) is 6.33. The van der Waals surface area contributed by atoms with E-state index in [0.717, 1.165) is 22.4 Å². The minimum atomic E-state index is -0.398. The summed E-state index contributed by atoms with van der Waals surface area (Å²) in [5.41, 5.74) is 4.38. The van der Waals surface area contributed by atoms with E-state index in [1.54, 1.807) is 9.47 Å². The Morgan fingerprint density at radius 3 is 2.33 bits per heavy atom. The van der Waals surface area contributed by atoms with Crippen molar-refractivity contribution in [3.05, 3.63) is 99.8 Å². The summed E-state index contributed by atoms with van der Waals surface area (Å²) in [6.45, 7) is 6.37. The van der Waals surface area contributed by atoms with Crippen LogP contribution in [0.5, 0.6) is 0 Å². The van der Waals surface area contributed by atoms with Crippen LogP contribution in [0.15, 0.2) is 82.7 Å². The molecule has 182 valence electrons. The number of aromatic nitrogens is 4. The lowest BCUT2D eigenvalue weighted by atomic mass is 10.1. The van der Waals surface area contributed by atoms with Crippen molar-refractivity contribution in [1.82, 2.24) is 24.1 Å². The number of hydrogen-bond donors (Lipinski definition) is 0. The highest BCUT2D eigenvalue weighted by atomic mass is 32.2. The molecule has 0 saturated carbocycles. The van der Waals surface area contributed by atoms with Crippen LogP contribution in [-0.2, 0) is 11.3 Å². The Kier molecular flexibility index (Phi) is 6.36. The molecule has 0 aliphatic heterocycles. The lowest BCUT2D eigenvalue weighted by Crippen LogP contribution is -2.32. The maximum atomic E-state index is 13.7. The van der Waals surface area contributed by atoms with Crippen LogP contribution in [0, 0.1) is 13.8 Å². The number of nitrogens with zero attached hydrogens (tertiary/aromatic N) is 5. The Morgan fingerprint density at radius 2 is 1.61 bits per heavy atom. The fourth-order valence-electron chi connectivity index (χ4n) is 4.57. The lowest BCUT2D eigenvalue weighted by Gasteiger charge is -2.21. The maximum absolute atomic E-state index is 13.7. The summed E-state index contributed by atoms with van der Waals surface area (Å²) in [7, 11) is 1.81. The fourth-order valence-corrected chi connectivity index (χ4v) is 5.54. The Balaban J connectivity index is 1.59. The van der Waals surface area contributed by atoms with E-state index in [0.29, 0.717) is 28.4 Å². The van der Waals surface area contributed by atoms with E-state index in [9.17, 15) is 9.59 Å². The van der Waals surface area contributed by atoms with Crippen molar-refractivity contribution in [1.29, 1.82) is 0 Å². The van der Waals surface area contributed by atoms with Gasteiger partial charge in [0.1, 0.15) is 0 Å². The third kappa shape index (κ3) is 4.18. The van der Waals surface area contributed by atoms with E-state index < -0.39 is 5.25 Å². The molecule has 2 aromatic heterocycles. The van der Waals surface area contributed by atoms with Crippen LogP contribution in [0.2, 0.25) is 0 Å². The van der Waals surface area contributed by atoms with Crippen LogP contribution in [0.4, 0.5) is 0 Å². The second-order valence-corrected chi connectivity index (χ2v) is 10.3. The normalized spacial score (nSPS) is 12.2. The molecule has 0 N–H and O–H groups in total. The van der Waals surface area contributed by atoms with Crippen molar-refractivity contribution in [3.63, 3.8) is 0 Å². The number of hydrogen-bond acceptors (Lipinski definition) is 5. The predicted octanol–water partition coefficient (Wildman–Crippen LogP) is 4.79. The summed E-state index contributed by atoms with van der Waals surface area (Å²) in [4.78, 5) is 28.6. The Labute approximate surface area is 213 Å². The van der Waals surface area contributed by atoms with Gasteiger partial charge >= 0.3 is 0 Å². The predicted molar refractivity (Wildman–Crippen MR) is 144 cm³/mol. The first-order chi connectivity index (χ1) is 17.4. The second-order valence-electron chi connectivity index (χ2n) is 8.96. The summed E-state index contributed by atoms with van der Waals surface area (Å²) in [5, 5.41) is 9.62. The van der Waals surface area contributed by atoms with Crippen LogP contribution < -0.4 is 5.56 Å². The molecule has 0 fully saturated rings. The van der Waals surface area contributed by atoms with Gasteiger partial charge < -0.3 is 4.90 Å². The Morgan fingerprint density at radius 1 is 0.944 bits per heavy atom. The summed E-state index contributed by atoms with van der Waals surface area (Å²) in [6.07, 6.45) is 0. The van der Waals surface area contributed by atoms with Gasteiger partial charge in [-0.25, -0.2) is 4.57 Å². The molecule has 7 nitrogen and oxygen atoms in total. The van der Waals surface area contributed by atoms with Crippen LogP contribution in [0.3, 0.4) is 0 Å². The van der Waals surface area contributed by atoms with Crippen molar-refractivity contribution < 1.29 is 4.79 Å². The zero-order chi connectivity index (χ0) is 25.4. The first-order valence-corrected chi connectivity index (χ1v) is 12.7. The summed E-state index contributed by atoms with van der Waals surface area (Å²) in [5.74, 6) is 0.420. The number of para-hydroxylation sites is 2. The van der Waals surface area contributed by atoms with Gasteiger partial charge in [-0.2, -0.15) is 0 Å². The summed E-state index contributed by atoms with van der Waals surface area (Å²) in [6, 6.07) is 23.3. The molecule has 8 heteroatoms. The molecule has 1 atom stereocenters. The van der Waals surface area contributed by atoms with Gasteiger partial charge in [0.15, 0.2) is 5.16 Å². The zero-order valence-corrected chi connectivity index (χ0v) is 21.5. The highest BCUT2D eigenvalue weighted by Crippen LogP contribution is 2.28. The molecule has 1 amide bonds. The molecule has 0 bridgehead atoms. The van der Waals surface area contributed by atoms with E-state index in [2.05, 4.69) is 10.2 Å². The van der Waals surface area contributed by atoms with E-state index in [4.69, 9.17) is 0 Å². The van der Waals surface area contributed by atoms with Gasteiger partial charge in [0.05, 0.1) is 21.8 Å². The first-order valence-electron chi connectivity index (χ1n) is 11.8. The van der Waals surface area contributed by atoms with Crippen LogP contribution >= 0.6 is 11.8 Å². The number of benzene rings is 3. The van der Waals surface area contributed by atoms with Crippen molar-refractivity contribution >= 4 is 34.3 Å². The third-order valence-corrected chi connectivity index (χ3v) is 7.36. The molecule has 1 unspecified atom stereocenters. The number of aryl methyl sites for hydroxylation is 2. The summed E-state index contributed by atoms with van der Waals surface area (Å²) < 4.78 is 3.52. The molecule has 5 aromatic rings. The standard InChI is InChI=1S/C28H27N5O2S/c1-18-11-10-12-19(2)24(18)33-26(35)22-15-8-9-16-23(22)32-27(33)29-30-28(32)36-20(3)25(34)31(4)17-21-13-6-5-7-14-21/h5-16,20H,17H2,1-4H3. The van der Waals surface area contributed by atoms with Gasteiger partial charge in [-0.3, -0.25) is 14.0 Å². The molecule has 0 aliphatic rings. The highest BCUT2D eigenvalue weighted by molar-refractivity contribution is 8.00. The van der Waals surface area contributed by atoms with Crippen LogP contribution in [0.1, 0.15) is 23.6 Å². The molecule has 2 heterocycles. The quantitative estimate of drug-likeness (QED) is 0.316. The monoisotopic (exact) mass is 497 g/mol. The fraction of sp³-hybridized carbons (Fsp3) is 0.214. The number of thioether (sulfide) groups is 1. The van der Waals surface area contributed by atoms with Gasteiger partial charge in [0.25, 0.3) is 5.56 Å². The topological polar surface area (TPSA) is 72.5 Å². The second kappa shape index (κ2) is 9.62. The molecule has 3 aromatic carbocycles. The molecule has 0 radical (unpaired) electrons. The molecular weight excluding hydrogens is 470 g/mol. The van der Waals surface area contributed by atoms with Crippen molar-refractivity contribution in [2.24, 2.45) is 0 Å². The lowest BCUT2D eigenvalue weighted by molar-refractivity contribution is -0.129. The maximum Gasteiger partial charge on any atom is 0.267 e. The minimum Gasteiger partial charge on any atom is -0.340 e. The van der Waals surface area contributed by atoms with Crippen LogP contribution in [-0.4, -0.2) is 42.3 Å². The largest absolute Gasteiger partial charge is 0.340 e. The smallest absolute Gasteiger partial charge is 0.267 e. The van der Waals surface area contributed by atoms with Gasteiger partial charge in [-0.15, -0.1) is 10.2 Å². The number of amides is 1. The number of rotatable bonds is 6. The highest BCUT2D eigenvalue weighted by Gasteiger charge is 2.24. The SMILES string of the molecule is Cc1cccc(C)c1-n1c(=O)c2ccccc2n2c(SC(C)C(=O)N(C)Cc3ccccc3)nnc12. The molecule has 0 aliphatic carbocycles. The first kappa shape index (κ1) is 23.8. The summed E-state index contributed by atoms with van der Waals surface area (Å²) >= 11 is 1.34. The van der Waals surface area contributed by atoms with Gasteiger partial charge in [0, 0.05) is 13.6 Å². The van der Waals surface area contributed by atoms with Crippen molar-refractivity contribution in [2.75, 3.05) is 7.05 Å². The van der Waals surface area contributed by atoms with Gasteiger partial charge in [-0.1, -0.05) is 72.4 Å². The molecule has 0 spiro atoms. The molecule has 5 rings (SSSR count). The molecular formula is C28H27N5O2S. The molecule has 0 saturated heterocycles. The van der Waals surface area contributed by atoms with E-state index in [1.807, 2.05) is 105 Å².